The first-order chi connectivity index (χ1) is 6.74. The number of aliphatic carboxylic acids is 1. The summed E-state index contributed by atoms with van der Waals surface area (Å²) in [5.74, 6) is -0.0135. The van der Waals surface area contributed by atoms with E-state index >= 15 is 0 Å². The molecule has 0 aromatic carbocycles. The van der Waals surface area contributed by atoms with Gasteiger partial charge in [-0.25, -0.2) is 0 Å². The minimum atomic E-state index is -0.719. The number of hydrogen-bond donors (Lipinski definition) is 2. The Morgan fingerprint density at radius 2 is 2.07 bits per heavy atom. The van der Waals surface area contributed by atoms with Crippen LogP contribution in [0.1, 0.15) is 45.4 Å². The molecule has 1 aliphatic carbocycles. The van der Waals surface area contributed by atoms with Gasteiger partial charge in [0, 0.05) is 0 Å². The van der Waals surface area contributed by atoms with Crippen LogP contribution >= 0.6 is 0 Å². The van der Waals surface area contributed by atoms with Crippen LogP contribution in [0.2, 0.25) is 0 Å². The van der Waals surface area contributed by atoms with Crippen molar-refractivity contribution in [1.29, 1.82) is 0 Å². The zero-order chi connectivity index (χ0) is 10.4. The molecular formula is C11H21NO2. The second-order valence-electron chi connectivity index (χ2n) is 4.21. The van der Waals surface area contributed by atoms with Crippen LogP contribution in [0.25, 0.3) is 0 Å². The number of carbonyl (C=O) groups is 1. The summed E-state index contributed by atoms with van der Waals surface area (Å²) in [4.78, 5) is 10.7. The Labute approximate surface area is 85.9 Å². The minimum Gasteiger partial charge on any atom is -0.480 e. The lowest BCUT2D eigenvalue weighted by Gasteiger charge is -2.23. The van der Waals surface area contributed by atoms with Gasteiger partial charge in [-0.3, -0.25) is 4.79 Å². The molecular weight excluding hydrogens is 178 g/mol. The molecule has 3 heteroatoms. The van der Waals surface area contributed by atoms with Gasteiger partial charge in [0.15, 0.2) is 0 Å². The highest BCUT2D eigenvalue weighted by Crippen LogP contribution is 2.22. The van der Waals surface area contributed by atoms with Crippen molar-refractivity contribution >= 4 is 5.97 Å². The van der Waals surface area contributed by atoms with E-state index in [0.717, 1.165) is 6.54 Å². The molecule has 0 heterocycles. The Kier molecular flexibility index (Phi) is 4.94. The summed E-state index contributed by atoms with van der Waals surface area (Å²) in [6.45, 7) is 2.79. The van der Waals surface area contributed by atoms with Crippen LogP contribution in [-0.4, -0.2) is 23.7 Å². The minimum absolute atomic E-state index is 0.350. The Morgan fingerprint density at radius 1 is 1.43 bits per heavy atom. The SMILES string of the molecule is CCC(NCC1CCCCC1)C(=O)O. The number of carboxylic acids is 1. The highest BCUT2D eigenvalue weighted by molar-refractivity contribution is 5.73. The van der Waals surface area contributed by atoms with Gasteiger partial charge >= 0.3 is 5.97 Å². The number of rotatable bonds is 5. The van der Waals surface area contributed by atoms with Gasteiger partial charge in [0.2, 0.25) is 0 Å². The van der Waals surface area contributed by atoms with Gasteiger partial charge < -0.3 is 10.4 Å². The highest BCUT2D eigenvalue weighted by atomic mass is 16.4. The molecule has 1 unspecified atom stereocenters. The first-order valence-corrected chi connectivity index (χ1v) is 5.70. The number of hydrogen-bond acceptors (Lipinski definition) is 2. The number of nitrogens with one attached hydrogen (secondary N) is 1. The molecule has 14 heavy (non-hydrogen) atoms. The largest absolute Gasteiger partial charge is 0.480 e. The van der Waals surface area contributed by atoms with Crippen LogP contribution in [0.5, 0.6) is 0 Å². The van der Waals surface area contributed by atoms with Gasteiger partial charge in [-0.2, -0.15) is 0 Å². The third-order valence-corrected chi connectivity index (χ3v) is 3.08. The Bertz CT molecular complexity index is 176. The van der Waals surface area contributed by atoms with Crippen LogP contribution in [0.15, 0.2) is 0 Å². The van der Waals surface area contributed by atoms with E-state index in [0.29, 0.717) is 12.3 Å². The molecule has 0 aromatic heterocycles. The van der Waals surface area contributed by atoms with Crippen LogP contribution in [-0.2, 0) is 4.79 Å². The van der Waals surface area contributed by atoms with Crippen LogP contribution < -0.4 is 5.32 Å². The quantitative estimate of drug-likeness (QED) is 0.712. The first-order valence-electron chi connectivity index (χ1n) is 5.70. The standard InChI is InChI=1S/C11H21NO2/c1-2-10(11(13)14)12-8-9-6-4-3-5-7-9/h9-10,12H,2-8H2,1H3,(H,13,14). The maximum absolute atomic E-state index is 10.7. The molecule has 1 rings (SSSR count). The van der Waals surface area contributed by atoms with Crippen LogP contribution in [0.4, 0.5) is 0 Å². The normalized spacial score (nSPS) is 20.6. The molecule has 0 spiro atoms. The van der Waals surface area contributed by atoms with Crippen LogP contribution in [0, 0.1) is 5.92 Å². The fourth-order valence-corrected chi connectivity index (χ4v) is 2.11. The van der Waals surface area contributed by atoms with Crippen molar-refractivity contribution in [3.63, 3.8) is 0 Å². The fourth-order valence-electron chi connectivity index (χ4n) is 2.11. The lowest BCUT2D eigenvalue weighted by atomic mass is 9.89. The van der Waals surface area contributed by atoms with Crippen molar-refractivity contribution in [3.05, 3.63) is 0 Å². The van der Waals surface area contributed by atoms with Crippen molar-refractivity contribution in [2.45, 2.75) is 51.5 Å². The van der Waals surface area contributed by atoms with E-state index in [9.17, 15) is 4.79 Å². The van der Waals surface area contributed by atoms with Gasteiger partial charge in [-0.05, 0) is 31.7 Å². The topological polar surface area (TPSA) is 49.3 Å². The monoisotopic (exact) mass is 199 g/mol. The molecule has 1 aliphatic rings. The third kappa shape index (κ3) is 3.66. The predicted molar refractivity (Wildman–Crippen MR) is 56.3 cm³/mol. The Morgan fingerprint density at radius 3 is 2.57 bits per heavy atom. The predicted octanol–water partition coefficient (Wildman–Crippen LogP) is 2.02. The molecule has 2 N–H and O–H groups in total. The molecule has 1 atom stereocenters. The maximum atomic E-state index is 10.7. The summed E-state index contributed by atoms with van der Waals surface area (Å²) in [5, 5.41) is 12.0. The molecule has 0 aromatic rings. The third-order valence-electron chi connectivity index (χ3n) is 3.08. The molecule has 0 radical (unpaired) electrons. The Balaban J connectivity index is 2.20. The molecule has 0 aliphatic heterocycles. The van der Waals surface area contributed by atoms with E-state index < -0.39 is 5.97 Å². The summed E-state index contributed by atoms with van der Waals surface area (Å²) >= 11 is 0. The van der Waals surface area contributed by atoms with Gasteiger partial charge in [-0.15, -0.1) is 0 Å². The lowest BCUT2D eigenvalue weighted by molar-refractivity contribution is -0.139. The van der Waals surface area contributed by atoms with Crippen molar-refractivity contribution in [2.24, 2.45) is 5.92 Å². The smallest absolute Gasteiger partial charge is 0.320 e. The average Bonchev–Trinajstić information content (AvgIpc) is 2.20. The van der Waals surface area contributed by atoms with Gasteiger partial charge in [-0.1, -0.05) is 26.2 Å². The van der Waals surface area contributed by atoms with E-state index in [1.54, 1.807) is 0 Å². The first kappa shape index (κ1) is 11.5. The molecule has 1 saturated carbocycles. The maximum Gasteiger partial charge on any atom is 0.320 e. The molecule has 82 valence electrons. The number of carboxylic acid groups (broad SMARTS) is 1. The van der Waals surface area contributed by atoms with Crippen molar-refractivity contribution in [1.82, 2.24) is 5.32 Å². The van der Waals surface area contributed by atoms with E-state index in [4.69, 9.17) is 5.11 Å². The van der Waals surface area contributed by atoms with Crippen molar-refractivity contribution in [2.75, 3.05) is 6.54 Å². The summed E-state index contributed by atoms with van der Waals surface area (Å²) in [5.41, 5.74) is 0. The van der Waals surface area contributed by atoms with Gasteiger partial charge in [0.25, 0.3) is 0 Å². The Hall–Kier alpha value is -0.570. The average molecular weight is 199 g/mol. The zero-order valence-corrected chi connectivity index (χ0v) is 8.96. The van der Waals surface area contributed by atoms with E-state index in [1.807, 2.05) is 6.92 Å². The van der Waals surface area contributed by atoms with Gasteiger partial charge in [0.05, 0.1) is 0 Å². The summed E-state index contributed by atoms with van der Waals surface area (Å²) in [6, 6.07) is -0.350. The molecule has 0 saturated heterocycles. The molecule has 0 bridgehead atoms. The summed E-state index contributed by atoms with van der Waals surface area (Å²) in [7, 11) is 0. The lowest BCUT2D eigenvalue weighted by Crippen LogP contribution is -2.39. The van der Waals surface area contributed by atoms with E-state index in [1.165, 1.54) is 32.1 Å². The van der Waals surface area contributed by atoms with Crippen molar-refractivity contribution < 1.29 is 9.90 Å². The molecule has 1 fully saturated rings. The van der Waals surface area contributed by atoms with E-state index in [2.05, 4.69) is 5.32 Å². The van der Waals surface area contributed by atoms with Crippen LogP contribution in [0.3, 0.4) is 0 Å². The zero-order valence-electron chi connectivity index (χ0n) is 8.96. The van der Waals surface area contributed by atoms with Gasteiger partial charge in [0.1, 0.15) is 6.04 Å². The van der Waals surface area contributed by atoms with E-state index in [-0.39, 0.29) is 6.04 Å². The molecule has 0 amide bonds. The highest BCUT2D eigenvalue weighted by Gasteiger charge is 2.18. The summed E-state index contributed by atoms with van der Waals surface area (Å²) in [6.07, 6.45) is 7.19. The second-order valence-corrected chi connectivity index (χ2v) is 4.21. The molecule has 3 nitrogen and oxygen atoms in total. The fraction of sp³-hybridized carbons (Fsp3) is 0.909. The second kappa shape index (κ2) is 6.02. The van der Waals surface area contributed by atoms with Crippen molar-refractivity contribution in [3.8, 4) is 0 Å². The summed E-state index contributed by atoms with van der Waals surface area (Å²) < 4.78 is 0.